The van der Waals surface area contributed by atoms with Gasteiger partial charge in [-0.3, -0.25) is 4.79 Å². The molecule has 0 bridgehead atoms. The third-order valence-corrected chi connectivity index (χ3v) is 6.08. The number of anilines is 1. The van der Waals surface area contributed by atoms with Crippen LogP contribution in [0.3, 0.4) is 0 Å². The fourth-order valence-corrected chi connectivity index (χ4v) is 4.17. The van der Waals surface area contributed by atoms with E-state index in [-0.39, 0.29) is 11.3 Å². The minimum atomic E-state index is -0.314. The van der Waals surface area contributed by atoms with E-state index in [1.807, 2.05) is 52.0 Å². The van der Waals surface area contributed by atoms with Gasteiger partial charge in [-0.15, -0.1) is 0 Å². The maximum Gasteiger partial charge on any atom is 0.256 e. The summed E-state index contributed by atoms with van der Waals surface area (Å²) in [5, 5.41) is 21.0. The predicted octanol–water partition coefficient (Wildman–Crippen LogP) is 6.48. The van der Waals surface area contributed by atoms with Crippen molar-refractivity contribution in [3.8, 4) is 12.1 Å². The van der Waals surface area contributed by atoms with E-state index < -0.39 is 0 Å². The second kappa shape index (κ2) is 11.8. The first-order valence-electron chi connectivity index (χ1n) is 12.3. The minimum absolute atomic E-state index is 0.248. The summed E-state index contributed by atoms with van der Waals surface area (Å²) < 4.78 is 0. The quantitative estimate of drug-likeness (QED) is 0.348. The monoisotopic (exact) mass is 478 g/mol. The summed E-state index contributed by atoms with van der Waals surface area (Å²) >= 11 is 0. The number of carbonyl (C=O) groups excluding carboxylic acids is 1. The Morgan fingerprint density at radius 3 is 2.31 bits per heavy atom. The van der Waals surface area contributed by atoms with Gasteiger partial charge >= 0.3 is 0 Å². The molecule has 36 heavy (non-hydrogen) atoms. The highest BCUT2D eigenvalue weighted by atomic mass is 16.1. The Bertz CT molecular complexity index is 1420. The van der Waals surface area contributed by atoms with Crippen molar-refractivity contribution in [3.63, 3.8) is 0 Å². The van der Waals surface area contributed by atoms with E-state index in [0.29, 0.717) is 22.5 Å². The lowest BCUT2D eigenvalue weighted by molar-refractivity contribution is 0.102. The Morgan fingerprint density at radius 1 is 0.972 bits per heavy atom. The van der Waals surface area contributed by atoms with Crippen LogP contribution in [0.15, 0.2) is 60.8 Å². The standard InChI is InChI=1S/C25H18N6O.2C2H6/c26-13-16-3-1-4-18(11-16)23(32)31-22-8-6-19(15-28-22)25(9-2-10-25)24-29-20-7-5-17(14-27)12-21(20)30-24;2*1-2/h1,3-8,11-12,15H,2,9-10H2,(H,29,30)(H,28,31,32);2*1-2H3. The smallest absolute Gasteiger partial charge is 0.256 e. The van der Waals surface area contributed by atoms with Crippen LogP contribution in [0.25, 0.3) is 11.0 Å². The summed E-state index contributed by atoms with van der Waals surface area (Å²) in [6.45, 7) is 8.00. The molecular weight excluding hydrogens is 448 g/mol. The van der Waals surface area contributed by atoms with Gasteiger partial charge in [-0.05, 0) is 60.9 Å². The molecule has 0 atom stereocenters. The summed E-state index contributed by atoms with van der Waals surface area (Å²) in [4.78, 5) is 25.2. The van der Waals surface area contributed by atoms with Gasteiger partial charge in [0.2, 0.25) is 0 Å². The highest BCUT2D eigenvalue weighted by Gasteiger charge is 2.43. The lowest BCUT2D eigenvalue weighted by Crippen LogP contribution is -2.36. The lowest BCUT2D eigenvalue weighted by atomic mass is 9.64. The van der Waals surface area contributed by atoms with Gasteiger partial charge in [0, 0.05) is 11.8 Å². The van der Waals surface area contributed by atoms with Crippen LogP contribution in [0.1, 0.15) is 79.8 Å². The molecule has 7 heteroatoms. The number of nitrogens with zero attached hydrogens (tertiary/aromatic N) is 4. The number of amides is 1. The van der Waals surface area contributed by atoms with Crippen molar-refractivity contribution in [1.82, 2.24) is 15.0 Å². The van der Waals surface area contributed by atoms with Crippen molar-refractivity contribution in [2.75, 3.05) is 5.32 Å². The first kappa shape index (κ1) is 26.1. The molecule has 0 aliphatic heterocycles. The number of nitriles is 2. The normalized spacial score (nSPS) is 12.9. The molecule has 0 spiro atoms. The second-order valence-corrected chi connectivity index (χ2v) is 7.94. The molecule has 4 aromatic rings. The van der Waals surface area contributed by atoms with Gasteiger partial charge in [-0.25, -0.2) is 9.97 Å². The van der Waals surface area contributed by atoms with E-state index in [9.17, 15) is 4.79 Å². The summed E-state index contributed by atoms with van der Waals surface area (Å²) in [5.41, 5.74) is 3.90. The number of carbonyl (C=O) groups is 1. The van der Waals surface area contributed by atoms with Crippen molar-refractivity contribution in [2.45, 2.75) is 52.4 Å². The first-order chi connectivity index (χ1) is 17.6. The summed E-state index contributed by atoms with van der Waals surface area (Å²) in [6, 6.07) is 19.9. The molecule has 1 saturated carbocycles. The topological polar surface area (TPSA) is 118 Å². The molecule has 0 saturated heterocycles. The van der Waals surface area contributed by atoms with Crippen LogP contribution in [-0.4, -0.2) is 20.9 Å². The molecule has 182 valence electrons. The molecule has 2 aromatic carbocycles. The average Bonchev–Trinajstić information content (AvgIpc) is 3.34. The van der Waals surface area contributed by atoms with Crippen LogP contribution >= 0.6 is 0 Å². The Morgan fingerprint density at radius 2 is 1.69 bits per heavy atom. The van der Waals surface area contributed by atoms with Crippen LogP contribution in [0.2, 0.25) is 0 Å². The predicted molar refractivity (Wildman–Crippen MR) is 141 cm³/mol. The fourth-order valence-electron chi connectivity index (χ4n) is 4.17. The number of aromatic nitrogens is 3. The molecule has 1 amide bonds. The van der Waals surface area contributed by atoms with Crippen LogP contribution < -0.4 is 5.32 Å². The summed E-state index contributed by atoms with van der Waals surface area (Å²) in [5.74, 6) is 1.01. The first-order valence-corrected chi connectivity index (χ1v) is 12.3. The Labute approximate surface area is 211 Å². The van der Waals surface area contributed by atoms with E-state index in [1.54, 1.807) is 42.6 Å². The largest absolute Gasteiger partial charge is 0.341 e. The van der Waals surface area contributed by atoms with Crippen LogP contribution in [0, 0.1) is 22.7 Å². The van der Waals surface area contributed by atoms with E-state index in [2.05, 4.69) is 21.4 Å². The average molecular weight is 479 g/mol. The number of H-pyrrole nitrogens is 1. The Balaban J connectivity index is 0.000000861. The van der Waals surface area contributed by atoms with Gasteiger partial charge in [0.25, 0.3) is 5.91 Å². The second-order valence-electron chi connectivity index (χ2n) is 7.94. The lowest BCUT2D eigenvalue weighted by Gasteiger charge is -2.40. The number of fused-ring (bicyclic) bond motifs is 1. The zero-order valence-corrected chi connectivity index (χ0v) is 21.1. The molecule has 2 N–H and O–H groups in total. The van der Waals surface area contributed by atoms with E-state index in [4.69, 9.17) is 15.5 Å². The molecule has 5 rings (SSSR count). The Kier molecular flexibility index (Phi) is 8.54. The third-order valence-electron chi connectivity index (χ3n) is 6.08. The van der Waals surface area contributed by atoms with E-state index >= 15 is 0 Å². The van der Waals surface area contributed by atoms with Crippen molar-refractivity contribution < 1.29 is 4.79 Å². The zero-order valence-electron chi connectivity index (χ0n) is 21.1. The van der Waals surface area contributed by atoms with Crippen molar-refractivity contribution in [2.24, 2.45) is 0 Å². The number of rotatable bonds is 4. The van der Waals surface area contributed by atoms with Crippen LogP contribution in [0.5, 0.6) is 0 Å². The van der Waals surface area contributed by atoms with Crippen molar-refractivity contribution in [3.05, 3.63) is 88.9 Å². The number of pyridine rings is 1. The maximum absolute atomic E-state index is 12.5. The van der Waals surface area contributed by atoms with Gasteiger partial charge in [0.1, 0.15) is 11.6 Å². The van der Waals surface area contributed by atoms with E-state index in [0.717, 1.165) is 41.7 Å². The molecule has 1 aliphatic carbocycles. The maximum atomic E-state index is 12.5. The summed E-state index contributed by atoms with van der Waals surface area (Å²) in [7, 11) is 0. The number of imidazole rings is 1. The number of aromatic amines is 1. The minimum Gasteiger partial charge on any atom is -0.341 e. The molecule has 1 aliphatic rings. The number of hydrogen-bond donors (Lipinski definition) is 2. The third kappa shape index (κ3) is 5.11. The van der Waals surface area contributed by atoms with E-state index in [1.165, 1.54) is 0 Å². The van der Waals surface area contributed by atoms with Gasteiger partial charge in [0.15, 0.2) is 0 Å². The molecule has 2 heterocycles. The number of benzene rings is 2. The molecular formula is C29H30N6O. The fraction of sp³-hybridized carbons (Fsp3) is 0.276. The Hall–Kier alpha value is -4.49. The highest BCUT2D eigenvalue weighted by molar-refractivity contribution is 6.03. The SMILES string of the molecule is CC.CC.N#Cc1cccc(C(=O)Nc2ccc(C3(c4nc5ccc(C#N)cc5[nH]4)CCC3)cn2)c1. The molecule has 1 fully saturated rings. The molecule has 2 aromatic heterocycles. The van der Waals surface area contributed by atoms with Gasteiger partial charge in [-0.2, -0.15) is 10.5 Å². The van der Waals surface area contributed by atoms with Crippen LogP contribution in [0.4, 0.5) is 5.82 Å². The molecule has 0 radical (unpaired) electrons. The van der Waals surface area contributed by atoms with Crippen LogP contribution in [-0.2, 0) is 5.41 Å². The molecule has 0 unspecified atom stereocenters. The zero-order chi connectivity index (χ0) is 26.1. The van der Waals surface area contributed by atoms with Gasteiger partial charge in [-0.1, -0.05) is 46.2 Å². The van der Waals surface area contributed by atoms with Crippen molar-refractivity contribution >= 4 is 22.8 Å². The van der Waals surface area contributed by atoms with Gasteiger partial charge in [0.05, 0.1) is 39.7 Å². The molecule has 7 nitrogen and oxygen atoms in total. The number of nitrogens with one attached hydrogen (secondary N) is 2. The number of hydrogen-bond acceptors (Lipinski definition) is 5. The summed E-state index contributed by atoms with van der Waals surface area (Å²) in [6.07, 6.45) is 4.78. The highest BCUT2D eigenvalue weighted by Crippen LogP contribution is 2.48. The van der Waals surface area contributed by atoms with Gasteiger partial charge < -0.3 is 10.3 Å². The van der Waals surface area contributed by atoms with Crippen molar-refractivity contribution in [1.29, 1.82) is 10.5 Å².